The summed E-state index contributed by atoms with van der Waals surface area (Å²) in [5, 5.41) is 3.35. The highest BCUT2D eigenvalue weighted by molar-refractivity contribution is 6.22. The molecule has 3 aliphatic rings. The third-order valence-corrected chi connectivity index (χ3v) is 5.11. The number of nitrogens with one attached hydrogen (secondary N) is 1. The molecule has 1 aromatic rings. The molecule has 2 unspecified atom stereocenters. The monoisotopic (exact) mass is 349 g/mol. The van der Waals surface area contributed by atoms with Crippen LogP contribution in [0.15, 0.2) is 24.3 Å². The predicted octanol–water partition coefficient (Wildman–Crippen LogP) is 1.06. The van der Waals surface area contributed by atoms with Crippen molar-refractivity contribution in [3.63, 3.8) is 0 Å². The first kappa shape index (κ1) is 16.9. The van der Waals surface area contributed by atoms with Crippen molar-refractivity contribution in [2.75, 3.05) is 19.6 Å². The molecule has 1 N–H and O–H groups in total. The molecule has 0 radical (unpaired) electrons. The lowest BCUT2D eigenvalue weighted by molar-refractivity contribution is -0.134. The van der Waals surface area contributed by atoms with Crippen molar-refractivity contribution in [2.24, 2.45) is 0 Å². The number of fused-ring (bicyclic) bond motifs is 3. The third-order valence-electron chi connectivity index (χ3n) is 5.11. The van der Waals surface area contributed by atoms with Crippen molar-refractivity contribution in [1.29, 1.82) is 0 Å². The number of rotatable bonds is 2. The van der Waals surface area contributed by atoms with Crippen molar-refractivity contribution < 1.29 is 14.4 Å². The zero-order chi connectivity index (χ0) is 16.0. The molecule has 128 valence electrons. The minimum atomic E-state index is -0.362. The second kappa shape index (κ2) is 6.53. The number of amides is 3. The zero-order valence-electron chi connectivity index (χ0n) is 13.2. The van der Waals surface area contributed by atoms with E-state index in [1.165, 1.54) is 0 Å². The summed E-state index contributed by atoms with van der Waals surface area (Å²) in [5.74, 6) is -0.839. The fourth-order valence-corrected chi connectivity index (χ4v) is 3.99. The maximum atomic E-state index is 12.8. The van der Waals surface area contributed by atoms with E-state index in [4.69, 9.17) is 0 Å². The quantitative estimate of drug-likeness (QED) is 0.810. The van der Waals surface area contributed by atoms with Crippen LogP contribution < -0.4 is 5.32 Å². The molecule has 0 saturated carbocycles. The van der Waals surface area contributed by atoms with Gasteiger partial charge in [-0.15, -0.1) is 12.4 Å². The van der Waals surface area contributed by atoms with Gasteiger partial charge in [0.15, 0.2) is 0 Å². The van der Waals surface area contributed by atoms with Crippen LogP contribution in [-0.2, 0) is 4.79 Å². The zero-order valence-corrected chi connectivity index (χ0v) is 14.1. The SMILES string of the molecule is Cl.O=C1c2ccccc2C(=O)N1CC(=O)N1C2CCNCC1CC2. The van der Waals surface area contributed by atoms with Crippen LogP contribution in [0.3, 0.4) is 0 Å². The number of carbonyl (C=O) groups excluding carboxylic acids is 3. The summed E-state index contributed by atoms with van der Waals surface area (Å²) in [4.78, 5) is 40.5. The molecule has 2 bridgehead atoms. The molecular weight excluding hydrogens is 330 g/mol. The highest BCUT2D eigenvalue weighted by Gasteiger charge is 2.41. The van der Waals surface area contributed by atoms with Gasteiger partial charge in [-0.05, 0) is 37.9 Å². The van der Waals surface area contributed by atoms with E-state index in [2.05, 4.69) is 5.32 Å². The lowest BCUT2D eigenvalue weighted by atomic mass is 10.1. The fraction of sp³-hybridized carbons (Fsp3) is 0.471. The van der Waals surface area contributed by atoms with Gasteiger partial charge in [0.2, 0.25) is 5.91 Å². The fourth-order valence-electron chi connectivity index (χ4n) is 3.99. The summed E-state index contributed by atoms with van der Waals surface area (Å²) in [6.45, 7) is 1.56. The number of hydrogen-bond donors (Lipinski definition) is 1. The Kier molecular flexibility index (Phi) is 4.60. The summed E-state index contributed by atoms with van der Waals surface area (Å²) in [6, 6.07) is 7.16. The molecule has 2 saturated heterocycles. The number of carbonyl (C=O) groups is 3. The predicted molar refractivity (Wildman–Crippen MR) is 90.2 cm³/mol. The van der Waals surface area contributed by atoms with E-state index in [0.29, 0.717) is 11.1 Å². The van der Waals surface area contributed by atoms with Crippen LogP contribution >= 0.6 is 12.4 Å². The van der Waals surface area contributed by atoms with E-state index in [9.17, 15) is 14.4 Å². The molecule has 7 heteroatoms. The van der Waals surface area contributed by atoms with Crippen molar-refractivity contribution in [2.45, 2.75) is 31.3 Å². The van der Waals surface area contributed by atoms with Crippen molar-refractivity contribution in [3.05, 3.63) is 35.4 Å². The largest absolute Gasteiger partial charge is 0.334 e. The maximum absolute atomic E-state index is 12.8. The molecule has 0 aromatic heterocycles. The molecule has 1 aromatic carbocycles. The van der Waals surface area contributed by atoms with Crippen LogP contribution in [0.1, 0.15) is 40.0 Å². The lowest BCUT2D eigenvalue weighted by Crippen LogP contribution is -2.48. The second-order valence-electron chi connectivity index (χ2n) is 6.42. The van der Waals surface area contributed by atoms with Gasteiger partial charge in [-0.3, -0.25) is 19.3 Å². The molecule has 0 aliphatic carbocycles. The van der Waals surface area contributed by atoms with Gasteiger partial charge in [-0.1, -0.05) is 12.1 Å². The Morgan fingerprint density at radius 2 is 1.67 bits per heavy atom. The van der Waals surface area contributed by atoms with Crippen LogP contribution in [0.25, 0.3) is 0 Å². The van der Waals surface area contributed by atoms with Gasteiger partial charge in [0.1, 0.15) is 6.54 Å². The van der Waals surface area contributed by atoms with E-state index >= 15 is 0 Å². The normalized spacial score (nSPS) is 25.3. The molecular formula is C17H20ClN3O3. The Morgan fingerprint density at radius 1 is 1.04 bits per heavy atom. The Hall–Kier alpha value is -1.92. The van der Waals surface area contributed by atoms with E-state index in [0.717, 1.165) is 37.3 Å². The number of benzene rings is 1. The smallest absolute Gasteiger partial charge is 0.262 e. The Bertz CT molecular complexity index is 644. The van der Waals surface area contributed by atoms with Crippen LogP contribution in [0.5, 0.6) is 0 Å². The van der Waals surface area contributed by atoms with Gasteiger partial charge < -0.3 is 10.2 Å². The lowest BCUT2D eigenvalue weighted by Gasteiger charge is -2.29. The Labute approximate surface area is 146 Å². The summed E-state index contributed by atoms with van der Waals surface area (Å²) >= 11 is 0. The minimum absolute atomic E-state index is 0. The molecule has 24 heavy (non-hydrogen) atoms. The van der Waals surface area contributed by atoms with Crippen molar-refractivity contribution in [1.82, 2.24) is 15.1 Å². The van der Waals surface area contributed by atoms with Crippen LogP contribution in [0, 0.1) is 0 Å². The highest BCUT2D eigenvalue weighted by atomic mass is 35.5. The molecule has 4 rings (SSSR count). The first-order valence-corrected chi connectivity index (χ1v) is 8.14. The van der Waals surface area contributed by atoms with Crippen molar-refractivity contribution in [3.8, 4) is 0 Å². The molecule has 3 aliphatic heterocycles. The summed E-state index contributed by atoms with van der Waals surface area (Å²) in [6.07, 6.45) is 2.94. The Balaban J connectivity index is 0.00000169. The number of nitrogens with zero attached hydrogens (tertiary/aromatic N) is 2. The maximum Gasteiger partial charge on any atom is 0.262 e. The molecule has 3 heterocycles. The molecule has 6 nitrogen and oxygen atoms in total. The summed E-state index contributed by atoms with van der Waals surface area (Å²) in [5.41, 5.74) is 0.789. The molecule has 2 atom stereocenters. The van der Waals surface area contributed by atoms with Crippen LogP contribution in [0.4, 0.5) is 0 Å². The topological polar surface area (TPSA) is 69.7 Å². The van der Waals surface area contributed by atoms with E-state index in [-0.39, 0.29) is 48.8 Å². The van der Waals surface area contributed by atoms with Crippen molar-refractivity contribution >= 4 is 30.1 Å². The minimum Gasteiger partial charge on any atom is -0.334 e. The van der Waals surface area contributed by atoms with Crippen LogP contribution in [-0.4, -0.2) is 59.2 Å². The Morgan fingerprint density at radius 3 is 2.33 bits per heavy atom. The highest BCUT2D eigenvalue weighted by Crippen LogP contribution is 2.29. The van der Waals surface area contributed by atoms with Gasteiger partial charge >= 0.3 is 0 Å². The van der Waals surface area contributed by atoms with Gasteiger partial charge in [0.25, 0.3) is 11.8 Å². The summed E-state index contributed by atoms with van der Waals surface area (Å²) in [7, 11) is 0. The molecule has 3 amide bonds. The van der Waals surface area contributed by atoms with Crippen LogP contribution in [0.2, 0.25) is 0 Å². The number of hydrogen-bond acceptors (Lipinski definition) is 4. The van der Waals surface area contributed by atoms with Gasteiger partial charge in [-0.2, -0.15) is 0 Å². The number of imide groups is 1. The standard InChI is InChI=1S/C17H19N3O3.ClH/c21-15(20-11-5-6-12(20)9-18-8-7-11)10-19-16(22)13-3-1-2-4-14(13)17(19)23;/h1-4,11-12,18H,5-10H2;1H. The second-order valence-corrected chi connectivity index (χ2v) is 6.42. The molecule has 2 fully saturated rings. The summed E-state index contributed by atoms with van der Waals surface area (Å²) < 4.78 is 0. The third kappa shape index (κ3) is 2.59. The molecule has 0 spiro atoms. The number of halogens is 1. The average Bonchev–Trinajstić information content (AvgIpc) is 2.95. The van der Waals surface area contributed by atoms with E-state index in [1.807, 2.05) is 4.90 Å². The van der Waals surface area contributed by atoms with Gasteiger partial charge in [-0.25, -0.2) is 0 Å². The van der Waals surface area contributed by atoms with Gasteiger partial charge in [0, 0.05) is 18.6 Å². The average molecular weight is 350 g/mol. The van der Waals surface area contributed by atoms with E-state index < -0.39 is 0 Å². The first-order valence-electron chi connectivity index (χ1n) is 8.14. The van der Waals surface area contributed by atoms with E-state index in [1.54, 1.807) is 24.3 Å². The van der Waals surface area contributed by atoms with Gasteiger partial charge in [0.05, 0.1) is 11.1 Å². The first-order chi connectivity index (χ1) is 11.2.